The number of amidine groups is 1. The van der Waals surface area contributed by atoms with Crippen LogP contribution in [0.15, 0.2) is 173 Å². The van der Waals surface area contributed by atoms with Crippen molar-refractivity contribution in [3.8, 4) is 16.8 Å². The average molecular weight is 753 g/mol. The lowest BCUT2D eigenvalue weighted by Gasteiger charge is -2.35. The van der Waals surface area contributed by atoms with E-state index < -0.39 is 0 Å². The quantitative estimate of drug-likeness (QED) is 0.184. The second kappa shape index (κ2) is 12.9. The summed E-state index contributed by atoms with van der Waals surface area (Å²) < 4.78 is 11.4. The number of nitrogens with one attached hydrogen (secondary N) is 2. The summed E-state index contributed by atoms with van der Waals surface area (Å²) in [6.45, 7) is 0. The number of rotatable bonds is 5. The summed E-state index contributed by atoms with van der Waals surface area (Å²) in [5.74, 6) is 1.09. The lowest BCUT2D eigenvalue weighted by atomic mass is 9.93. The van der Waals surface area contributed by atoms with Gasteiger partial charge in [-0.15, -0.1) is 11.3 Å². The molecular weight excluding hydrogens is 717 g/mol. The van der Waals surface area contributed by atoms with Gasteiger partial charge in [-0.1, -0.05) is 121 Å². The maximum Gasteiger partial charge on any atom is 0.135 e. The van der Waals surface area contributed by atoms with Crippen molar-refractivity contribution in [1.29, 1.82) is 0 Å². The van der Waals surface area contributed by atoms with Gasteiger partial charge in [-0.3, -0.25) is 5.32 Å². The van der Waals surface area contributed by atoms with E-state index in [-0.39, 0.29) is 18.2 Å². The Hall–Kier alpha value is -6.73. The van der Waals surface area contributed by atoms with Crippen LogP contribution in [0.5, 0.6) is 0 Å². The minimum absolute atomic E-state index is 0.0230. The summed E-state index contributed by atoms with van der Waals surface area (Å²) in [5, 5.41) is 15.0. The van der Waals surface area contributed by atoms with Gasteiger partial charge in [0.1, 0.15) is 23.0 Å². The van der Waals surface area contributed by atoms with Crippen molar-refractivity contribution in [2.24, 2.45) is 10.9 Å². The molecule has 0 fully saturated rings. The Labute approximate surface area is 332 Å². The molecule has 57 heavy (non-hydrogen) atoms. The highest BCUT2D eigenvalue weighted by Crippen LogP contribution is 2.39. The van der Waals surface area contributed by atoms with Gasteiger partial charge in [-0.05, 0) is 77.7 Å². The van der Waals surface area contributed by atoms with Gasteiger partial charge in [-0.25, -0.2) is 4.99 Å². The number of hydrogen-bond acceptors (Lipinski definition) is 5. The third-order valence-corrected chi connectivity index (χ3v) is 12.9. The number of thiophene rings is 1. The van der Waals surface area contributed by atoms with Crippen LogP contribution in [-0.2, 0) is 0 Å². The summed E-state index contributed by atoms with van der Waals surface area (Å²) in [6, 6.07) is 58.8. The van der Waals surface area contributed by atoms with Gasteiger partial charge in [0, 0.05) is 58.7 Å². The number of aromatic nitrogens is 1. The van der Waals surface area contributed by atoms with E-state index in [1.165, 1.54) is 58.8 Å². The number of fused-ring (bicyclic) bond motifs is 9. The molecule has 0 saturated heterocycles. The van der Waals surface area contributed by atoms with E-state index in [9.17, 15) is 0 Å². The molecule has 0 bridgehead atoms. The first-order valence-corrected chi connectivity index (χ1v) is 20.4. The molecule has 2 N–H and O–H groups in total. The van der Waals surface area contributed by atoms with E-state index in [0.717, 1.165) is 45.0 Å². The number of nitrogens with zero attached hydrogens (tertiary/aromatic N) is 2. The van der Waals surface area contributed by atoms with E-state index in [4.69, 9.17) is 9.41 Å². The van der Waals surface area contributed by atoms with Crippen LogP contribution in [0.2, 0.25) is 0 Å². The predicted molar refractivity (Wildman–Crippen MR) is 237 cm³/mol. The first kappa shape index (κ1) is 32.5. The largest absolute Gasteiger partial charge is 0.456 e. The topological polar surface area (TPSA) is 54.5 Å². The van der Waals surface area contributed by atoms with Crippen molar-refractivity contribution in [3.63, 3.8) is 0 Å². The van der Waals surface area contributed by atoms with Crippen LogP contribution < -0.4 is 21.3 Å². The van der Waals surface area contributed by atoms with E-state index >= 15 is 0 Å². The standard InChI is InChI=1S/C51H36N4OS/c1-3-11-31(12-4-1)49-52-50(32-13-5-2-6-14-32)54-51(53-49)35-20-25-46-41(29-35)40-27-33(19-24-45(40)56-46)34-21-26-47-42(28-34)39-23-22-36(30-48(39)57-47)55-43-17-9-7-15-37(43)38-16-8-10-18-44(38)55/h1-19,21-30,35,49,51,53H,20H2,(H,52,54). The number of para-hydroxylation sites is 2. The summed E-state index contributed by atoms with van der Waals surface area (Å²) in [4.78, 5) is 5.12. The highest BCUT2D eigenvalue weighted by molar-refractivity contribution is 7.25. The smallest absolute Gasteiger partial charge is 0.135 e. The van der Waals surface area contributed by atoms with E-state index in [2.05, 4.69) is 185 Å². The molecular formula is C51H36N4OS. The molecule has 272 valence electrons. The molecule has 5 nitrogen and oxygen atoms in total. The zero-order valence-corrected chi connectivity index (χ0v) is 31.7. The van der Waals surface area contributed by atoms with Crippen molar-refractivity contribution in [3.05, 3.63) is 186 Å². The fourth-order valence-electron chi connectivity index (χ4n) is 9.03. The molecule has 10 aromatic rings. The average Bonchev–Trinajstić information content (AvgIpc) is 3.95. The molecule has 6 heteroatoms. The van der Waals surface area contributed by atoms with Crippen LogP contribution in [0.25, 0.3) is 81.9 Å². The zero-order valence-electron chi connectivity index (χ0n) is 30.9. The molecule has 3 aromatic heterocycles. The number of aliphatic imine (C=N–C) groups is 1. The van der Waals surface area contributed by atoms with Crippen molar-refractivity contribution in [2.75, 3.05) is 0 Å². The normalized spacial score (nSPS) is 18.0. The van der Waals surface area contributed by atoms with Gasteiger partial charge in [0.2, 0.25) is 0 Å². The first-order valence-electron chi connectivity index (χ1n) is 19.6. The van der Waals surface area contributed by atoms with Crippen LogP contribution in [0.1, 0.15) is 23.7 Å². The zero-order chi connectivity index (χ0) is 37.5. The molecule has 12 rings (SSSR count). The molecule has 0 spiro atoms. The van der Waals surface area contributed by atoms with E-state index in [1.807, 2.05) is 17.4 Å². The van der Waals surface area contributed by atoms with E-state index in [0.29, 0.717) is 0 Å². The maximum atomic E-state index is 6.46. The van der Waals surface area contributed by atoms with E-state index in [1.54, 1.807) is 0 Å². The molecule has 4 heterocycles. The van der Waals surface area contributed by atoms with Gasteiger partial charge >= 0.3 is 0 Å². The maximum absolute atomic E-state index is 6.46. The highest BCUT2D eigenvalue weighted by Gasteiger charge is 2.30. The number of furan rings is 1. The van der Waals surface area contributed by atoms with Gasteiger partial charge in [0.25, 0.3) is 0 Å². The Kier molecular flexibility index (Phi) is 7.37. The SMILES string of the molecule is C1=c2oc3ccc(-c4ccc5sc6cc(-n7c8ccccc8c8ccccc87)ccc6c5c4)cc3c2=CC(C2NC(c3ccccc3)=NC(c3ccccc3)N2)C1. The van der Waals surface area contributed by atoms with Gasteiger partial charge in [-0.2, -0.15) is 0 Å². The molecule has 1 aliphatic carbocycles. The van der Waals surface area contributed by atoms with Crippen molar-refractivity contribution >= 4 is 82.3 Å². The first-order chi connectivity index (χ1) is 28.2. The Morgan fingerprint density at radius 2 is 1.30 bits per heavy atom. The monoisotopic (exact) mass is 752 g/mol. The van der Waals surface area contributed by atoms with Gasteiger partial charge < -0.3 is 14.3 Å². The Bertz CT molecular complexity index is 3300. The fourth-order valence-corrected chi connectivity index (χ4v) is 10.2. The van der Waals surface area contributed by atoms with Crippen LogP contribution >= 0.6 is 11.3 Å². The minimum atomic E-state index is -0.154. The second-order valence-electron chi connectivity index (χ2n) is 15.2. The molecule has 0 amide bonds. The highest BCUT2D eigenvalue weighted by atomic mass is 32.1. The van der Waals surface area contributed by atoms with Crippen molar-refractivity contribution < 1.29 is 4.42 Å². The van der Waals surface area contributed by atoms with Crippen LogP contribution in [0.3, 0.4) is 0 Å². The number of hydrogen-bond donors (Lipinski definition) is 2. The molecule has 1 aliphatic heterocycles. The van der Waals surface area contributed by atoms with Gasteiger partial charge in [0.15, 0.2) is 0 Å². The summed E-state index contributed by atoms with van der Waals surface area (Å²) in [7, 11) is 0. The van der Waals surface area contributed by atoms with Crippen LogP contribution in [-0.4, -0.2) is 16.6 Å². The summed E-state index contributed by atoms with van der Waals surface area (Å²) >= 11 is 1.86. The second-order valence-corrected chi connectivity index (χ2v) is 16.3. The molecule has 3 unspecified atom stereocenters. The molecule has 0 radical (unpaired) electrons. The Morgan fingerprint density at radius 1 is 0.596 bits per heavy atom. The molecule has 3 atom stereocenters. The number of benzene rings is 7. The summed E-state index contributed by atoms with van der Waals surface area (Å²) in [6.07, 6.45) is 5.33. The lowest BCUT2D eigenvalue weighted by molar-refractivity contribution is 0.341. The fraction of sp³-hybridized carbons (Fsp3) is 0.0784. The van der Waals surface area contributed by atoms with Crippen molar-refractivity contribution in [2.45, 2.75) is 18.8 Å². The van der Waals surface area contributed by atoms with Gasteiger partial charge in [0.05, 0.1) is 17.2 Å². The third kappa shape index (κ3) is 5.36. The molecule has 7 aromatic carbocycles. The van der Waals surface area contributed by atoms with Crippen LogP contribution in [0.4, 0.5) is 0 Å². The van der Waals surface area contributed by atoms with Crippen molar-refractivity contribution in [1.82, 2.24) is 15.2 Å². The van der Waals surface area contributed by atoms with Crippen LogP contribution in [0, 0.1) is 5.92 Å². The molecule has 0 saturated carbocycles. The Morgan fingerprint density at radius 3 is 2.09 bits per heavy atom. The minimum Gasteiger partial charge on any atom is -0.456 e. The Balaban J connectivity index is 0.907. The third-order valence-electron chi connectivity index (χ3n) is 11.8. The molecule has 2 aliphatic rings. The summed E-state index contributed by atoms with van der Waals surface area (Å²) in [5.41, 5.74) is 10.1. The lowest BCUT2D eigenvalue weighted by Crippen LogP contribution is -2.55. The predicted octanol–water partition coefficient (Wildman–Crippen LogP) is 10.8.